The number of methoxy groups -OCH3 is 2. The molecule has 0 aromatic heterocycles. The molecule has 7 nitrogen and oxygen atoms in total. The highest BCUT2D eigenvalue weighted by Crippen LogP contribution is 2.30. The van der Waals surface area contributed by atoms with Gasteiger partial charge in [-0.25, -0.2) is 0 Å². The molecule has 1 N–H and O–H groups in total. The number of hydrogen-bond donors (Lipinski definition) is 1. The number of amides is 2. The molecule has 2 amide bonds. The van der Waals surface area contributed by atoms with Crippen molar-refractivity contribution in [3.8, 4) is 11.5 Å². The summed E-state index contributed by atoms with van der Waals surface area (Å²) in [5.41, 5.74) is 1.51. The number of piperidine rings is 1. The molecule has 1 atom stereocenters. The first-order chi connectivity index (χ1) is 14.6. The monoisotopic (exact) mass is 410 g/mol. The quantitative estimate of drug-likeness (QED) is 0.710. The van der Waals surface area contributed by atoms with Crippen LogP contribution in [0.2, 0.25) is 0 Å². The molecule has 7 heteroatoms. The molecule has 0 unspecified atom stereocenters. The van der Waals surface area contributed by atoms with Crippen molar-refractivity contribution < 1.29 is 23.9 Å². The maximum Gasteiger partial charge on any atom is 0.255 e. The van der Waals surface area contributed by atoms with Crippen LogP contribution in [0.15, 0.2) is 42.5 Å². The summed E-state index contributed by atoms with van der Waals surface area (Å²) in [6.07, 6.45) is 2.57. The number of benzene rings is 2. The number of carbonyl (C=O) groups excluding carboxylic acids is 3. The lowest BCUT2D eigenvalue weighted by Gasteiger charge is -2.33. The number of hydrogen-bond acceptors (Lipinski definition) is 5. The highest BCUT2D eigenvalue weighted by Gasteiger charge is 2.25. The fourth-order valence-electron chi connectivity index (χ4n) is 3.70. The van der Waals surface area contributed by atoms with Gasteiger partial charge in [-0.1, -0.05) is 18.2 Å². The summed E-state index contributed by atoms with van der Waals surface area (Å²) >= 11 is 0. The van der Waals surface area contributed by atoms with E-state index in [1.807, 2.05) is 4.90 Å². The molecule has 1 heterocycles. The first-order valence-electron chi connectivity index (χ1n) is 9.91. The molecule has 2 aromatic carbocycles. The first kappa shape index (κ1) is 21.4. The average molecular weight is 410 g/mol. The van der Waals surface area contributed by atoms with Crippen LogP contribution in [0, 0.1) is 5.92 Å². The zero-order chi connectivity index (χ0) is 21.5. The summed E-state index contributed by atoms with van der Waals surface area (Å²) in [5, 5.41) is 2.96. The van der Waals surface area contributed by atoms with Gasteiger partial charge in [0.25, 0.3) is 11.8 Å². The number of carbonyl (C=O) groups is 3. The molecule has 0 aliphatic carbocycles. The highest BCUT2D eigenvalue weighted by atomic mass is 16.5. The van der Waals surface area contributed by atoms with E-state index in [4.69, 9.17) is 9.47 Å². The van der Waals surface area contributed by atoms with Crippen LogP contribution in [0.4, 0.5) is 0 Å². The van der Waals surface area contributed by atoms with Crippen LogP contribution in [-0.2, 0) is 0 Å². The summed E-state index contributed by atoms with van der Waals surface area (Å²) in [6.45, 7) is 1.72. The highest BCUT2D eigenvalue weighted by molar-refractivity contribution is 5.98. The fraction of sp³-hybridized carbons (Fsp3) is 0.348. The predicted molar refractivity (Wildman–Crippen MR) is 112 cm³/mol. The predicted octanol–water partition coefficient (Wildman–Crippen LogP) is 2.80. The normalized spacial score (nSPS) is 15.9. The second-order valence-electron chi connectivity index (χ2n) is 7.25. The number of nitrogens with one attached hydrogen (secondary N) is 1. The second kappa shape index (κ2) is 9.91. The Morgan fingerprint density at radius 1 is 1.13 bits per heavy atom. The van der Waals surface area contributed by atoms with Crippen molar-refractivity contribution in [3.05, 3.63) is 59.2 Å². The van der Waals surface area contributed by atoms with E-state index in [2.05, 4.69) is 5.32 Å². The zero-order valence-electron chi connectivity index (χ0n) is 17.2. The Labute approximate surface area is 176 Å². The molecular formula is C23H26N2O5. The van der Waals surface area contributed by atoms with Crippen LogP contribution in [-0.4, -0.2) is 56.9 Å². The summed E-state index contributed by atoms with van der Waals surface area (Å²) in [4.78, 5) is 38.1. The first-order valence-corrected chi connectivity index (χ1v) is 9.91. The van der Waals surface area contributed by atoms with Gasteiger partial charge in [0, 0.05) is 30.8 Å². The topological polar surface area (TPSA) is 84.9 Å². The van der Waals surface area contributed by atoms with Gasteiger partial charge in [0.15, 0.2) is 11.5 Å². The molecule has 0 saturated carbocycles. The average Bonchev–Trinajstić information content (AvgIpc) is 2.81. The van der Waals surface area contributed by atoms with Crippen LogP contribution in [0.1, 0.15) is 43.9 Å². The number of aldehydes is 1. The van der Waals surface area contributed by atoms with Crippen LogP contribution in [0.5, 0.6) is 11.5 Å². The minimum Gasteiger partial charge on any atom is -0.493 e. The Kier molecular flexibility index (Phi) is 7.06. The van der Waals surface area contributed by atoms with E-state index >= 15 is 0 Å². The van der Waals surface area contributed by atoms with Crippen molar-refractivity contribution >= 4 is 18.1 Å². The van der Waals surface area contributed by atoms with E-state index in [9.17, 15) is 14.4 Å². The Bertz CT molecular complexity index is 910. The fourth-order valence-corrected chi connectivity index (χ4v) is 3.70. The van der Waals surface area contributed by atoms with Gasteiger partial charge in [-0.05, 0) is 43.0 Å². The smallest absolute Gasteiger partial charge is 0.255 e. The van der Waals surface area contributed by atoms with Gasteiger partial charge in [-0.15, -0.1) is 0 Å². The number of nitrogens with zero attached hydrogens (tertiary/aromatic N) is 1. The third-order valence-corrected chi connectivity index (χ3v) is 5.30. The zero-order valence-corrected chi connectivity index (χ0v) is 17.2. The molecular weight excluding hydrogens is 384 g/mol. The summed E-state index contributed by atoms with van der Waals surface area (Å²) < 4.78 is 10.6. The van der Waals surface area contributed by atoms with Crippen molar-refractivity contribution in [2.45, 2.75) is 12.8 Å². The van der Waals surface area contributed by atoms with Crippen LogP contribution >= 0.6 is 0 Å². The second-order valence-corrected chi connectivity index (χ2v) is 7.25. The molecule has 158 valence electrons. The molecule has 0 bridgehead atoms. The summed E-state index contributed by atoms with van der Waals surface area (Å²) in [5.74, 6) is 0.769. The van der Waals surface area contributed by atoms with E-state index in [0.717, 1.165) is 19.1 Å². The van der Waals surface area contributed by atoms with Gasteiger partial charge in [-0.2, -0.15) is 0 Å². The third kappa shape index (κ3) is 4.79. The Morgan fingerprint density at radius 2 is 1.90 bits per heavy atom. The lowest BCUT2D eigenvalue weighted by molar-refractivity contribution is 0.0670. The van der Waals surface area contributed by atoms with Crippen LogP contribution in [0.3, 0.4) is 0 Å². The van der Waals surface area contributed by atoms with Crippen molar-refractivity contribution in [2.75, 3.05) is 33.9 Å². The minimum atomic E-state index is -0.237. The lowest BCUT2D eigenvalue weighted by Crippen LogP contribution is -2.43. The van der Waals surface area contributed by atoms with Gasteiger partial charge >= 0.3 is 0 Å². The number of ether oxygens (including phenoxy) is 2. The Morgan fingerprint density at radius 3 is 2.57 bits per heavy atom. The minimum absolute atomic E-state index is 0.0575. The van der Waals surface area contributed by atoms with Crippen LogP contribution < -0.4 is 14.8 Å². The maximum absolute atomic E-state index is 12.8. The summed E-state index contributed by atoms with van der Waals surface area (Å²) in [7, 11) is 3.03. The van der Waals surface area contributed by atoms with Gasteiger partial charge < -0.3 is 19.7 Å². The van der Waals surface area contributed by atoms with Crippen molar-refractivity contribution in [2.24, 2.45) is 5.92 Å². The molecule has 1 saturated heterocycles. The Balaban J connectivity index is 1.60. The number of likely N-dealkylation sites (tertiary alicyclic amines) is 1. The molecule has 3 rings (SSSR count). The van der Waals surface area contributed by atoms with E-state index in [1.54, 1.807) is 42.5 Å². The van der Waals surface area contributed by atoms with Crippen molar-refractivity contribution in [1.82, 2.24) is 10.2 Å². The maximum atomic E-state index is 12.8. The molecule has 0 radical (unpaired) electrons. The summed E-state index contributed by atoms with van der Waals surface area (Å²) in [6, 6.07) is 11.8. The molecule has 2 aromatic rings. The molecule has 30 heavy (non-hydrogen) atoms. The van der Waals surface area contributed by atoms with E-state index in [-0.39, 0.29) is 17.7 Å². The van der Waals surface area contributed by atoms with Gasteiger partial charge in [0.1, 0.15) is 6.29 Å². The number of rotatable bonds is 7. The van der Waals surface area contributed by atoms with Crippen molar-refractivity contribution in [1.29, 1.82) is 0 Å². The third-order valence-electron chi connectivity index (χ3n) is 5.30. The van der Waals surface area contributed by atoms with Crippen LogP contribution in [0.25, 0.3) is 0 Å². The largest absolute Gasteiger partial charge is 0.493 e. The SMILES string of the molecule is COc1cccc(C(=O)NC[C@@H]2CCCN(C(=O)c3ccc(C=O)cc3)C2)c1OC. The standard InChI is InChI=1S/C23H26N2O5/c1-29-20-7-3-6-19(21(20)30-2)22(27)24-13-17-5-4-12-25(14-17)23(28)18-10-8-16(15-26)9-11-18/h3,6-11,15,17H,4-5,12-14H2,1-2H3,(H,24,27)/t17-/m0/s1. The Hall–Kier alpha value is -3.35. The van der Waals surface area contributed by atoms with E-state index in [0.29, 0.717) is 47.8 Å². The van der Waals surface area contributed by atoms with Gasteiger partial charge in [-0.3, -0.25) is 14.4 Å². The van der Waals surface area contributed by atoms with E-state index in [1.165, 1.54) is 14.2 Å². The van der Waals surface area contributed by atoms with E-state index < -0.39 is 0 Å². The van der Waals surface area contributed by atoms with Gasteiger partial charge in [0.2, 0.25) is 0 Å². The molecule has 0 spiro atoms. The van der Waals surface area contributed by atoms with Crippen molar-refractivity contribution in [3.63, 3.8) is 0 Å². The van der Waals surface area contributed by atoms with Gasteiger partial charge in [0.05, 0.1) is 19.8 Å². The molecule has 1 fully saturated rings. The lowest BCUT2D eigenvalue weighted by atomic mass is 9.97. The molecule has 1 aliphatic heterocycles. The molecule has 1 aliphatic rings. The number of para-hydroxylation sites is 1.